The second-order valence-electron chi connectivity index (χ2n) is 5.12. The fraction of sp³-hybridized carbons (Fsp3) is 0.158. The van der Waals surface area contributed by atoms with Crippen LogP contribution in [0.5, 0.6) is 11.5 Å². The van der Waals surface area contributed by atoms with E-state index in [-0.39, 0.29) is 5.91 Å². The molecule has 2 aromatic rings. The molecule has 1 atom stereocenters. The first kappa shape index (κ1) is 18.7. The maximum atomic E-state index is 12.0. The van der Waals surface area contributed by atoms with Crippen LogP contribution in [-0.4, -0.2) is 24.8 Å². The lowest BCUT2D eigenvalue weighted by molar-refractivity contribution is -0.127. The zero-order chi connectivity index (χ0) is 18.1. The van der Waals surface area contributed by atoms with Gasteiger partial charge in [0, 0.05) is 4.47 Å². The summed E-state index contributed by atoms with van der Waals surface area (Å²) in [6, 6.07) is 14.6. The predicted octanol–water partition coefficient (Wildman–Crippen LogP) is 3.93. The number of carbonyl (C=O) groups excluding carboxylic acids is 1. The number of nitrogens with zero attached hydrogens (tertiary/aromatic N) is 1. The van der Waals surface area contributed by atoms with Gasteiger partial charge in [-0.3, -0.25) is 4.79 Å². The Kier molecular flexibility index (Phi) is 7.22. The summed E-state index contributed by atoms with van der Waals surface area (Å²) in [5, 5.41) is 3.95. The normalized spacial score (nSPS) is 11.8. The minimum absolute atomic E-state index is 0.335. The first-order chi connectivity index (χ1) is 12.1. The van der Waals surface area contributed by atoms with Gasteiger partial charge in [0.25, 0.3) is 5.91 Å². The molecule has 2 aromatic carbocycles. The largest absolute Gasteiger partial charge is 0.490 e. The van der Waals surface area contributed by atoms with E-state index < -0.39 is 6.10 Å². The molecule has 25 heavy (non-hydrogen) atoms. The number of rotatable bonds is 8. The van der Waals surface area contributed by atoms with Crippen LogP contribution < -0.4 is 14.9 Å². The van der Waals surface area contributed by atoms with Gasteiger partial charge in [-0.25, -0.2) is 5.43 Å². The van der Waals surface area contributed by atoms with Crippen molar-refractivity contribution in [2.24, 2.45) is 5.10 Å². The van der Waals surface area contributed by atoms with Crippen LogP contribution in [0.4, 0.5) is 0 Å². The topological polar surface area (TPSA) is 59.9 Å². The Morgan fingerprint density at radius 2 is 2.04 bits per heavy atom. The number of nitrogens with one attached hydrogen (secondary N) is 1. The van der Waals surface area contributed by atoms with Crippen molar-refractivity contribution in [2.45, 2.75) is 13.0 Å². The molecule has 0 aliphatic carbocycles. The van der Waals surface area contributed by atoms with Gasteiger partial charge >= 0.3 is 0 Å². The molecule has 0 aliphatic rings. The van der Waals surface area contributed by atoms with Crippen molar-refractivity contribution in [3.05, 3.63) is 71.2 Å². The number of hydrogen-bond acceptors (Lipinski definition) is 4. The minimum atomic E-state index is -0.666. The van der Waals surface area contributed by atoms with E-state index in [1.165, 1.54) is 0 Å². The molecule has 0 saturated heterocycles. The predicted molar refractivity (Wildman–Crippen MR) is 102 cm³/mol. The summed E-state index contributed by atoms with van der Waals surface area (Å²) >= 11 is 3.35. The molecular weight excluding hydrogens is 384 g/mol. The third-order valence-corrected chi connectivity index (χ3v) is 3.64. The maximum Gasteiger partial charge on any atom is 0.280 e. The molecule has 1 N–H and O–H groups in total. The van der Waals surface area contributed by atoms with E-state index in [1.807, 2.05) is 36.4 Å². The van der Waals surface area contributed by atoms with Gasteiger partial charge in [0.2, 0.25) is 0 Å². The van der Waals surface area contributed by atoms with Crippen molar-refractivity contribution in [2.75, 3.05) is 6.61 Å². The Hall–Kier alpha value is -2.60. The summed E-state index contributed by atoms with van der Waals surface area (Å²) in [7, 11) is 0. The smallest absolute Gasteiger partial charge is 0.280 e. The number of hydrazone groups is 1. The van der Waals surface area contributed by atoms with Crippen molar-refractivity contribution < 1.29 is 14.3 Å². The second-order valence-corrected chi connectivity index (χ2v) is 6.04. The zero-order valence-corrected chi connectivity index (χ0v) is 15.4. The van der Waals surface area contributed by atoms with Gasteiger partial charge in [-0.05, 0) is 48.9 Å². The molecule has 2 rings (SSSR count). The van der Waals surface area contributed by atoms with Gasteiger partial charge in [0.05, 0.1) is 6.21 Å². The number of carbonyl (C=O) groups is 1. The summed E-state index contributed by atoms with van der Waals surface area (Å²) in [6.07, 6.45) is 2.55. The number of hydrogen-bond donors (Lipinski definition) is 1. The van der Waals surface area contributed by atoms with Gasteiger partial charge in [-0.15, -0.1) is 0 Å². The van der Waals surface area contributed by atoms with E-state index in [0.717, 1.165) is 10.0 Å². The summed E-state index contributed by atoms with van der Waals surface area (Å²) < 4.78 is 12.0. The lowest BCUT2D eigenvalue weighted by Gasteiger charge is -2.12. The van der Waals surface area contributed by atoms with Crippen molar-refractivity contribution >= 4 is 28.1 Å². The monoisotopic (exact) mass is 402 g/mol. The van der Waals surface area contributed by atoms with E-state index in [9.17, 15) is 4.79 Å². The average Bonchev–Trinajstić information content (AvgIpc) is 2.62. The highest BCUT2D eigenvalue weighted by Crippen LogP contribution is 2.17. The molecule has 6 heteroatoms. The fourth-order valence-corrected chi connectivity index (χ4v) is 2.14. The molecule has 0 bridgehead atoms. The first-order valence-electron chi connectivity index (χ1n) is 7.67. The summed E-state index contributed by atoms with van der Waals surface area (Å²) in [5.41, 5.74) is 3.27. The van der Waals surface area contributed by atoms with Crippen LogP contribution in [0.25, 0.3) is 0 Å². The summed E-state index contributed by atoms with van der Waals surface area (Å²) in [6.45, 7) is 5.70. The molecule has 0 heterocycles. The molecule has 0 saturated carbocycles. The van der Waals surface area contributed by atoms with Gasteiger partial charge in [0.15, 0.2) is 6.10 Å². The molecule has 0 unspecified atom stereocenters. The van der Waals surface area contributed by atoms with E-state index in [0.29, 0.717) is 18.1 Å². The van der Waals surface area contributed by atoms with Crippen molar-refractivity contribution in [1.29, 1.82) is 0 Å². The van der Waals surface area contributed by atoms with Crippen LogP contribution in [0.1, 0.15) is 12.5 Å². The van der Waals surface area contributed by atoms with E-state index in [2.05, 4.69) is 33.0 Å². The van der Waals surface area contributed by atoms with Crippen LogP contribution in [-0.2, 0) is 4.79 Å². The highest BCUT2D eigenvalue weighted by atomic mass is 79.9. The number of benzene rings is 2. The van der Waals surface area contributed by atoms with Crippen LogP contribution in [0.15, 0.2) is 70.8 Å². The standard InChI is InChI=1S/C19H19BrN2O3/c1-3-11-24-18-6-4-5-15(12-18)13-21-22-19(23)14(2)25-17-9-7-16(20)8-10-17/h3-10,12-14H,1,11H2,2H3,(H,22,23)/t14-/m1/s1. The van der Waals surface area contributed by atoms with Crippen molar-refractivity contribution in [3.63, 3.8) is 0 Å². The van der Waals surface area contributed by atoms with E-state index >= 15 is 0 Å². The molecular formula is C19H19BrN2O3. The molecule has 0 radical (unpaired) electrons. The Balaban J connectivity index is 1.86. The lowest BCUT2D eigenvalue weighted by Crippen LogP contribution is -2.33. The molecule has 130 valence electrons. The minimum Gasteiger partial charge on any atom is -0.490 e. The summed E-state index contributed by atoms with van der Waals surface area (Å²) in [5.74, 6) is 0.988. The third-order valence-electron chi connectivity index (χ3n) is 3.11. The number of amides is 1. The SMILES string of the molecule is C=CCOc1cccc(C=NNC(=O)[C@@H](C)Oc2ccc(Br)cc2)c1. The second kappa shape index (κ2) is 9.64. The molecule has 1 amide bonds. The van der Waals surface area contributed by atoms with E-state index in [1.54, 1.807) is 31.3 Å². The quantitative estimate of drug-likeness (QED) is 0.413. The van der Waals surface area contributed by atoms with Crippen LogP contribution in [0.3, 0.4) is 0 Å². The van der Waals surface area contributed by atoms with Gasteiger partial charge in [-0.1, -0.05) is 40.7 Å². The Bertz CT molecular complexity index is 745. The molecule has 5 nitrogen and oxygen atoms in total. The highest BCUT2D eigenvalue weighted by Gasteiger charge is 2.13. The molecule has 0 fully saturated rings. The van der Waals surface area contributed by atoms with Gasteiger partial charge in [-0.2, -0.15) is 5.10 Å². The van der Waals surface area contributed by atoms with Crippen LogP contribution >= 0.6 is 15.9 Å². The summed E-state index contributed by atoms with van der Waals surface area (Å²) in [4.78, 5) is 12.0. The van der Waals surface area contributed by atoms with Crippen molar-refractivity contribution in [3.8, 4) is 11.5 Å². The Labute approximate surface area is 155 Å². The number of halogens is 1. The highest BCUT2D eigenvalue weighted by molar-refractivity contribution is 9.10. The number of ether oxygens (including phenoxy) is 2. The third kappa shape index (κ3) is 6.43. The Morgan fingerprint density at radius 1 is 1.28 bits per heavy atom. The van der Waals surface area contributed by atoms with Crippen molar-refractivity contribution in [1.82, 2.24) is 5.43 Å². The molecule has 0 spiro atoms. The molecule has 0 aromatic heterocycles. The van der Waals surface area contributed by atoms with Crippen LogP contribution in [0.2, 0.25) is 0 Å². The van der Waals surface area contributed by atoms with Gasteiger partial charge in [0.1, 0.15) is 18.1 Å². The first-order valence-corrected chi connectivity index (χ1v) is 8.46. The maximum absolute atomic E-state index is 12.0. The van der Waals surface area contributed by atoms with Gasteiger partial charge < -0.3 is 9.47 Å². The average molecular weight is 403 g/mol. The zero-order valence-electron chi connectivity index (χ0n) is 13.8. The Morgan fingerprint density at radius 3 is 2.76 bits per heavy atom. The lowest BCUT2D eigenvalue weighted by atomic mass is 10.2. The van der Waals surface area contributed by atoms with Crippen LogP contribution in [0, 0.1) is 0 Å². The fourth-order valence-electron chi connectivity index (χ4n) is 1.87. The van der Waals surface area contributed by atoms with E-state index in [4.69, 9.17) is 9.47 Å². The molecule has 0 aliphatic heterocycles.